The lowest BCUT2D eigenvalue weighted by molar-refractivity contribution is 0.325. The van der Waals surface area contributed by atoms with E-state index in [-0.39, 0.29) is 10.8 Å². The second-order valence-corrected chi connectivity index (χ2v) is 10.4. The van der Waals surface area contributed by atoms with Crippen molar-refractivity contribution in [3.63, 3.8) is 0 Å². The first kappa shape index (κ1) is 30.9. The summed E-state index contributed by atoms with van der Waals surface area (Å²) in [6.07, 6.45) is 7.44. The van der Waals surface area contributed by atoms with Crippen LogP contribution in [0.4, 0.5) is 0 Å². The number of hydrogen-bond donors (Lipinski definition) is 0. The summed E-state index contributed by atoms with van der Waals surface area (Å²) in [4.78, 5) is 0. The summed E-state index contributed by atoms with van der Waals surface area (Å²) in [6.45, 7) is 37.6. The fourth-order valence-electron chi connectivity index (χ4n) is 3.58. The molecule has 174 valence electrons. The minimum absolute atomic E-state index is 0.211. The maximum absolute atomic E-state index is 3.81. The van der Waals surface area contributed by atoms with Crippen LogP contribution in [0.5, 0.6) is 0 Å². The van der Waals surface area contributed by atoms with Gasteiger partial charge in [0.15, 0.2) is 0 Å². The predicted molar refractivity (Wildman–Crippen MR) is 142 cm³/mol. The zero-order valence-corrected chi connectivity index (χ0v) is 23.3. The van der Waals surface area contributed by atoms with Crippen LogP contribution in [-0.2, 0) is 0 Å². The van der Waals surface area contributed by atoms with E-state index in [1.165, 1.54) is 33.4 Å². The van der Waals surface area contributed by atoms with Gasteiger partial charge >= 0.3 is 0 Å². The molecule has 30 heavy (non-hydrogen) atoms. The van der Waals surface area contributed by atoms with Gasteiger partial charge < -0.3 is 0 Å². The summed E-state index contributed by atoms with van der Waals surface area (Å²) >= 11 is 0. The summed E-state index contributed by atoms with van der Waals surface area (Å²) in [5, 5.41) is 0. The van der Waals surface area contributed by atoms with Gasteiger partial charge in [0.1, 0.15) is 0 Å². The lowest BCUT2D eigenvalue weighted by atomic mass is 9.70. The van der Waals surface area contributed by atoms with E-state index in [0.29, 0.717) is 11.8 Å². The fraction of sp³-hybridized carbons (Fsp3) is 0.667. The number of allylic oxidation sites excluding steroid dienone is 9. The van der Waals surface area contributed by atoms with Crippen molar-refractivity contribution in [1.29, 1.82) is 0 Å². The van der Waals surface area contributed by atoms with Crippen molar-refractivity contribution >= 4 is 0 Å². The average molecular weight is 415 g/mol. The van der Waals surface area contributed by atoms with E-state index in [4.69, 9.17) is 0 Å². The molecule has 0 nitrogen and oxygen atoms in total. The van der Waals surface area contributed by atoms with Crippen molar-refractivity contribution in [2.75, 3.05) is 0 Å². The van der Waals surface area contributed by atoms with Gasteiger partial charge in [0.05, 0.1) is 0 Å². The molecule has 1 atom stereocenters. The SMILES string of the molecule is C/C=C(/C)C(C)(C)/C(C)=C(/C)C(C)C.C=CC/C(C)=C(/C)C(C)C(C)(C)/C(C)=C/C. The molecule has 0 aromatic heterocycles. The topological polar surface area (TPSA) is 0 Å². The largest absolute Gasteiger partial charge is 0.103 e. The first-order valence-electron chi connectivity index (χ1n) is 11.8. The van der Waals surface area contributed by atoms with Gasteiger partial charge in [-0.1, -0.05) is 100 Å². The normalized spacial score (nSPS) is 16.4. The minimum Gasteiger partial charge on any atom is -0.103 e. The van der Waals surface area contributed by atoms with Gasteiger partial charge in [-0.15, -0.1) is 6.58 Å². The maximum Gasteiger partial charge on any atom is 0.00610 e. The third-order valence-electron chi connectivity index (χ3n) is 8.12. The molecule has 0 saturated carbocycles. The molecule has 0 bridgehead atoms. The van der Waals surface area contributed by atoms with Crippen LogP contribution in [0.2, 0.25) is 0 Å². The Balaban J connectivity index is 0. The third-order valence-corrected chi connectivity index (χ3v) is 8.12. The van der Waals surface area contributed by atoms with Crippen LogP contribution < -0.4 is 0 Å². The van der Waals surface area contributed by atoms with E-state index < -0.39 is 0 Å². The third kappa shape index (κ3) is 8.44. The van der Waals surface area contributed by atoms with Crippen LogP contribution in [0.25, 0.3) is 0 Å². The quantitative estimate of drug-likeness (QED) is 0.346. The highest BCUT2D eigenvalue weighted by molar-refractivity contribution is 5.28. The fourth-order valence-corrected chi connectivity index (χ4v) is 3.58. The Kier molecular flexibility index (Phi) is 13.6. The van der Waals surface area contributed by atoms with Crippen molar-refractivity contribution in [2.24, 2.45) is 22.7 Å². The molecule has 0 amide bonds. The van der Waals surface area contributed by atoms with Crippen molar-refractivity contribution in [1.82, 2.24) is 0 Å². The van der Waals surface area contributed by atoms with Gasteiger partial charge in [0.2, 0.25) is 0 Å². The lowest BCUT2D eigenvalue weighted by Crippen LogP contribution is -2.24. The molecule has 1 unspecified atom stereocenters. The Hall–Kier alpha value is -1.30. The summed E-state index contributed by atoms with van der Waals surface area (Å²) in [5.74, 6) is 1.22. The summed E-state index contributed by atoms with van der Waals surface area (Å²) in [5.41, 5.74) is 9.37. The standard InChI is InChI=1S/C16H28.C14H26/c1-9-11-12(3)14(5)15(6)16(7,8)13(4)10-2;1-9-11(4)14(7,8)13(6)12(5)10(2)3/h9-10,15H,1,11H2,2-8H3;9-10H,1-8H3/b13-10+,14-12-;11-9-,13-12-. The van der Waals surface area contributed by atoms with Crippen molar-refractivity contribution in [2.45, 2.75) is 110 Å². The molecule has 0 saturated heterocycles. The molecular weight excluding hydrogens is 360 g/mol. The van der Waals surface area contributed by atoms with Crippen molar-refractivity contribution < 1.29 is 0 Å². The summed E-state index contributed by atoms with van der Waals surface area (Å²) in [6, 6.07) is 0. The minimum atomic E-state index is 0.211. The lowest BCUT2D eigenvalue weighted by Gasteiger charge is -2.35. The van der Waals surface area contributed by atoms with E-state index >= 15 is 0 Å². The maximum atomic E-state index is 3.81. The van der Waals surface area contributed by atoms with Gasteiger partial charge in [0, 0.05) is 5.41 Å². The molecule has 0 rings (SSSR count). The molecular formula is C30H54. The number of hydrogen-bond acceptors (Lipinski definition) is 0. The Bertz CT molecular complexity index is 669. The monoisotopic (exact) mass is 414 g/mol. The smallest absolute Gasteiger partial charge is 0.00610 e. The number of rotatable bonds is 8. The second kappa shape index (κ2) is 13.2. The first-order valence-corrected chi connectivity index (χ1v) is 11.8. The van der Waals surface area contributed by atoms with E-state index in [2.05, 4.69) is 123 Å². The average Bonchev–Trinajstić information content (AvgIpc) is 2.70. The highest BCUT2D eigenvalue weighted by Crippen LogP contribution is 2.40. The molecule has 0 aliphatic carbocycles. The zero-order valence-electron chi connectivity index (χ0n) is 23.3. The molecule has 0 aromatic carbocycles. The van der Waals surface area contributed by atoms with E-state index in [9.17, 15) is 0 Å². The van der Waals surface area contributed by atoms with Crippen LogP contribution >= 0.6 is 0 Å². The molecule has 0 aliphatic heterocycles. The second-order valence-electron chi connectivity index (χ2n) is 10.4. The summed E-state index contributed by atoms with van der Waals surface area (Å²) < 4.78 is 0. The molecule has 0 spiro atoms. The van der Waals surface area contributed by atoms with Crippen molar-refractivity contribution in [3.05, 3.63) is 58.2 Å². The van der Waals surface area contributed by atoms with Crippen molar-refractivity contribution in [3.8, 4) is 0 Å². The highest BCUT2D eigenvalue weighted by atomic mass is 14.3. The van der Waals surface area contributed by atoms with Gasteiger partial charge in [0.25, 0.3) is 0 Å². The predicted octanol–water partition coefficient (Wildman–Crippen LogP) is 10.5. The molecule has 0 radical (unpaired) electrons. The Labute approximate surface area is 191 Å². The van der Waals surface area contributed by atoms with E-state index in [0.717, 1.165) is 6.42 Å². The molecule has 0 N–H and O–H groups in total. The molecule has 0 aliphatic rings. The van der Waals surface area contributed by atoms with Crippen LogP contribution in [0, 0.1) is 22.7 Å². The highest BCUT2D eigenvalue weighted by Gasteiger charge is 2.28. The van der Waals surface area contributed by atoms with E-state index in [1.807, 2.05) is 6.08 Å². The van der Waals surface area contributed by atoms with E-state index in [1.54, 1.807) is 0 Å². The van der Waals surface area contributed by atoms with Crippen LogP contribution in [0.3, 0.4) is 0 Å². The van der Waals surface area contributed by atoms with Gasteiger partial charge in [-0.3, -0.25) is 0 Å². The van der Waals surface area contributed by atoms with Crippen LogP contribution in [0.1, 0.15) is 110 Å². The van der Waals surface area contributed by atoms with Gasteiger partial charge in [-0.05, 0) is 79.1 Å². The molecule has 0 fully saturated rings. The Morgan fingerprint density at radius 2 is 1.20 bits per heavy atom. The molecule has 0 heterocycles. The first-order chi connectivity index (χ1) is 13.5. The Morgan fingerprint density at radius 1 is 0.767 bits per heavy atom. The van der Waals surface area contributed by atoms with Gasteiger partial charge in [-0.2, -0.15) is 0 Å². The molecule has 0 aromatic rings. The van der Waals surface area contributed by atoms with Crippen LogP contribution in [0.15, 0.2) is 58.2 Å². The molecule has 0 heteroatoms. The zero-order chi connectivity index (χ0) is 24.4. The summed E-state index contributed by atoms with van der Waals surface area (Å²) in [7, 11) is 0. The Morgan fingerprint density at radius 3 is 1.53 bits per heavy atom. The van der Waals surface area contributed by atoms with Gasteiger partial charge in [-0.25, -0.2) is 0 Å². The van der Waals surface area contributed by atoms with Crippen LogP contribution in [-0.4, -0.2) is 0 Å².